The molecule has 1 aromatic heterocycles. The summed E-state index contributed by atoms with van der Waals surface area (Å²) < 4.78 is 0. The zero-order chi connectivity index (χ0) is 9.00. The van der Waals surface area contributed by atoms with Crippen LogP contribution in [0.1, 0.15) is 40.5 Å². The van der Waals surface area contributed by atoms with Gasteiger partial charge < -0.3 is 5.73 Å². The van der Waals surface area contributed by atoms with E-state index in [1.54, 1.807) is 0 Å². The number of nitrogens with zero attached hydrogens (tertiary/aromatic N) is 1. The molecule has 1 fully saturated rings. The lowest BCUT2D eigenvalue weighted by Crippen LogP contribution is -2.20. The average Bonchev–Trinajstić information content (AvgIpc) is 2.50. The van der Waals surface area contributed by atoms with Crippen LogP contribution in [0.2, 0.25) is 0 Å². The summed E-state index contributed by atoms with van der Waals surface area (Å²) in [5.74, 6) is 0.983. The first-order chi connectivity index (χ1) is 6.27. The molecule has 0 bridgehead atoms. The predicted octanol–water partition coefficient (Wildman–Crippen LogP) is 0.558. The van der Waals surface area contributed by atoms with Crippen molar-refractivity contribution < 1.29 is 4.79 Å². The van der Waals surface area contributed by atoms with Gasteiger partial charge >= 0.3 is 0 Å². The third-order valence-electron chi connectivity index (χ3n) is 3.39. The van der Waals surface area contributed by atoms with Gasteiger partial charge in [-0.2, -0.15) is 5.10 Å². The van der Waals surface area contributed by atoms with Crippen molar-refractivity contribution in [3.63, 3.8) is 0 Å². The third-order valence-corrected chi connectivity index (χ3v) is 3.39. The molecule has 0 aromatic carbocycles. The van der Waals surface area contributed by atoms with Crippen molar-refractivity contribution in [2.75, 3.05) is 0 Å². The fourth-order valence-electron chi connectivity index (χ4n) is 2.55. The maximum Gasteiger partial charge on any atom is 0.269 e. The number of aromatic nitrogens is 2. The standard InChI is InChI=1S/C9H11N3O/c10-9(13)8-6-3-4-1-2-5(4)7(6)11-12-8/h4-5H,1-3H2,(H2,10,13)(H,11,12)/t4-,5-/m1/s1. The number of carbonyl (C=O) groups excluding carboxylic acids is 1. The maximum absolute atomic E-state index is 11.0. The van der Waals surface area contributed by atoms with Gasteiger partial charge in [0, 0.05) is 17.2 Å². The molecule has 3 rings (SSSR count). The topological polar surface area (TPSA) is 71.8 Å². The SMILES string of the molecule is NC(=O)c1n[nH]c2c1C[C@H]1CC[C@@H]21. The van der Waals surface area contributed by atoms with E-state index in [1.807, 2.05) is 0 Å². The Morgan fingerprint density at radius 1 is 1.54 bits per heavy atom. The van der Waals surface area contributed by atoms with Gasteiger partial charge in [-0.1, -0.05) is 0 Å². The van der Waals surface area contributed by atoms with Gasteiger partial charge in [0.2, 0.25) is 0 Å². The van der Waals surface area contributed by atoms with Crippen molar-refractivity contribution in [1.82, 2.24) is 10.2 Å². The fraction of sp³-hybridized carbons (Fsp3) is 0.556. The van der Waals surface area contributed by atoms with Gasteiger partial charge in [0.05, 0.1) is 0 Å². The number of amides is 1. The molecule has 0 saturated heterocycles. The van der Waals surface area contributed by atoms with Crippen LogP contribution in [0, 0.1) is 5.92 Å². The van der Waals surface area contributed by atoms with Crippen molar-refractivity contribution in [3.8, 4) is 0 Å². The Bertz CT molecular complexity index is 382. The number of aromatic amines is 1. The van der Waals surface area contributed by atoms with Crippen LogP contribution in [0.15, 0.2) is 0 Å². The van der Waals surface area contributed by atoms with Crippen molar-refractivity contribution in [3.05, 3.63) is 17.0 Å². The second-order valence-corrected chi connectivity index (χ2v) is 3.98. The van der Waals surface area contributed by atoms with Crippen LogP contribution in [0.25, 0.3) is 0 Å². The van der Waals surface area contributed by atoms with Crippen LogP contribution in [0.5, 0.6) is 0 Å². The second-order valence-electron chi connectivity index (χ2n) is 3.98. The molecule has 0 spiro atoms. The van der Waals surface area contributed by atoms with Crippen LogP contribution in [0.3, 0.4) is 0 Å². The summed E-state index contributed by atoms with van der Waals surface area (Å²) in [4.78, 5) is 11.0. The second kappa shape index (κ2) is 2.13. The number of H-pyrrole nitrogens is 1. The van der Waals surface area contributed by atoms with Gasteiger partial charge in [-0.05, 0) is 25.2 Å². The Balaban J connectivity index is 2.09. The molecule has 4 nitrogen and oxygen atoms in total. The Hall–Kier alpha value is -1.32. The first kappa shape index (κ1) is 7.12. The van der Waals surface area contributed by atoms with Gasteiger partial charge in [-0.3, -0.25) is 9.89 Å². The summed E-state index contributed by atoms with van der Waals surface area (Å²) >= 11 is 0. The zero-order valence-electron chi connectivity index (χ0n) is 7.21. The minimum absolute atomic E-state index is 0.404. The van der Waals surface area contributed by atoms with Crippen LogP contribution >= 0.6 is 0 Å². The number of nitrogens with one attached hydrogen (secondary N) is 1. The third kappa shape index (κ3) is 0.753. The van der Waals surface area contributed by atoms with E-state index in [2.05, 4.69) is 10.2 Å². The summed E-state index contributed by atoms with van der Waals surface area (Å²) in [6.45, 7) is 0. The zero-order valence-corrected chi connectivity index (χ0v) is 7.21. The molecular weight excluding hydrogens is 166 g/mol. The number of rotatable bonds is 1. The molecule has 68 valence electrons. The number of hydrogen-bond donors (Lipinski definition) is 2. The molecular formula is C9H11N3O. The minimum atomic E-state index is -0.404. The monoisotopic (exact) mass is 177 g/mol. The molecule has 1 aromatic rings. The van der Waals surface area contributed by atoms with Crippen LogP contribution in [0.4, 0.5) is 0 Å². The molecule has 2 aliphatic rings. The Labute approximate surface area is 75.5 Å². The van der Waals surface area contributed by atoms with Gasteiger partial charge in [-0.25, -0.2) is 0 Å². The van der Waals surface area contributed by atoms with Crippen LogP contribution in [-0.2, 0) is 6.42 Å². The van der Waals surface area contributed by atoms with E-state index < -0.39 is 5.91 Å². The molecule has 1 amide bonds. The summed E-state index contributed by atoms with van der Waals surface area (Å²) in [6.07, 6.45) is 3.51. The number of fused-ring (bicyclic) bond motifs is 3. The highest BCUT2D eigenvalue weighted by Crippen LogP contribution is 2.50. The molecule has 4 heteroatoms. The lowest BCUT2D eigenvalue weighted by Gasteiger charge is -2.29. The Morgan fingerprint density at radius 3 is 3.00 bits per heavy atom. The highest BCUT2D eigenvalue weighted by molar-refractivity contribution is 5.92. The summed E-state index contributed by atoms with van der Waals surface area (Å²) in [7, 11) is 0. The minimum Gasteiger partial charge on any atom is -0.364 e. The van der Waals surface area contributed by atoms with Gasteiger partial charge in [0.1, 0.15) is 0 Å². The van der Waals surface area contributed by atoms with Crippen molar-refractivity contribution in [2.24, 2.45) is 11.7 Å². The predicted molar refractivity (Wildman–Crippen MR) is 46.3 cm³/mol. The Kier molecular flexibility index (Phi) is 1.17. The summed E-state index contributed by atoms with van der Waals surface area (Å²) in [6, 6.07) is 0. The molecule has 13 heavy (non-hydrogen) atoms. The van der Waals surface area contributed by atoms with E-state index in [0.717, 1.165) is 17.9 Å². The number of nitrogens with two attached hydrogens (primary N) is 1. The average molecular weight is 177 g/mol. The maximum atomic E-state index is 11.0. The molecule has 1 heterocycles. The lowest BCUT2D eigenvalue weighted by molar-refractivity contribution is 0.0994. The van der Waals surface area contributed by atoms with Crippen molar-refractivity contribution in [1.29, 1.82) is 0 Å². The number of primary amides is 1. The summed E-state index contributed by atoms with van der Waals surface area (Å²) in [5, 5.41) is 6.90. The largest absolute Gasteiger partial charge is 0.364 e. The molecule has 2 atom stereocenters. The van der Waals surface area contributed by atoms with E-state index in [1.165, 1.54) is 18.5 Å². The van der Waals surface area contributed by atoms with Crippen LogP contribution < -0.4 is 5.73 Å². The highest BCUT2D eigenvalue weighted by Gasteiger charge is 2.42. The molecule has 2 aliphatic carbocycles. The molecule has 1 saturated carbocycles. The number of hydrogen-bond acceptors (Lipinski definition) is 2. The fourth-order valence-corrected chi connectivity index (χ4v) is 2.55. The molecule has 0 aliphatic heterocycles. The van der Waals surface area contributed by atoms with Crippen molar-refractivity contribution >= 4 is 5.91 Å². The lowest BCUT2D eigenvalue weighted by atomic mass is 9.75. The normalized spacial score (nSPS) is 29.2. The molecule has 3 N–H and O–H groups in total. The van der Waals surface area contributed by atoms with E-state index in [9.17, 15) is 4.79 Å². The first-order valence-electron chi connectivity index (χ1n) is 4.64. The number of carbonyl (C=O) groups is 1. The summed E-state index contributed by atoms with van der Waals surface area (Å²) in [5.41, 5.74) is 7.94. The van der Waals surface area contributed by atoms with Crippen molar-refractivity contribution in [2.45, 2.75) is 25.2 Å². The first-order valence-corrected chi connectivity index (χ1v) is 4.64. The smallest absolute Gasteiger partial charge is 0.269 e. The molecule has 0 radical (unpaired) electrons. The van der Waals surface area contributed by atoms with Crippen LogP contribution in [-0.4, -0.2) is 16.1 Å². The molecule has 0 unspecified atom stereocenters. The quantitative estimate of drug-likeness (QED) is 0.657. The van der Waals surface area contributed by atoms with Gasteiger partial charge in [-0.15, -0.1) is 0 Å². The van der Waals surface area contributed by atoms with Gasteiger partial charge in [0.25, 0.3) is 5.91 Å². The van der Waals surface area contributed by atoms with E-state index >= 15 is 0 Å². The van der Waals surface area contributed by atoms with E-state index in [4.69, 9.17) is 5.73 Å². The van der Waals surface area contributed by atoms with Gasteiger partial charge in [0.15, 0.2) is 5.69 Å². The van der Waals surface area contributed by atoms with E-state index in [-0.39, 0.29) is 0 Å². The van der Waals surface area contributed by atoms with E-state index in [0.29, 0.717) is 11.6 Å². The Morgan fingerprint density at radius 2 is 2.38 bits per heavy atom. The highest BCUT2D eigenvalue weighted by atomic mass is 16.1.